The molecule has 2 aliphatic heterocycles. The molecule has 0 aromatic heterocycles. The van der Waals surface area contributed by atoms with E-state index < -0.39 is 34.5 Å². The molecule has 0 radical (unpaired) electrons. The van der Waals surface area contributed by atoms with Gasteiger partial charge in [-0.2, -0.15) is 15.8 Å². The van der Waals surface area contributed by atoms with E-state index in [1.165, 1.54) is 21.3 Å². The molecule has 156 valence electrons. The first-order valence-electron chi connectivity index (χ1n) is 9.28. The fourth-order valence-electron chi connectivity index (χ4n) is 4.77. The van der Waals surface area contributed by atoms with Crippen LogP contribution in [0.3, 0.4) is 0 Å². The van der Waals surface area contributed by atoms with E-state index in [-0.39, 0.29) is 17.1 Å². The van der Waals surface area contributed by atoms with Gasteiger partial charge in [-0.3, -0.25) is 5.41 Å². The number of hydrogen-bond donors (Lipinski definition) is 1. The van der Waals surface area contributed by atoms with Crippen LogP contribution in [-0.4, -0.2) is 33.0 Å². The van der Waals surface area contributed by atoms with Crippen molar-refractivity contribution in [3.8, 4) is 35.5 Å². The van der Waals surface area contributed by atoms with Crippen LogP contribution < -0.4 is 14.2 Å². The van der Waals surface area contributed by atoms with Crippen LogP contribution in [-0.2, 0) is 9.47 Å². The monoisotopic (exact) mass is 410 g/mol. The highest BCUT2D eigenvalue weighted by Gasteiger charge is 2.79. The Labute approximate surface area is 174 Å². The third-order valence-electron chi connectivity index (χ3n) is 6.14. The molecule has 4 unspecified atom stereocenters. The van der Waals surface area contributed by atoms with Crippen molar-refractivity contribution in [1.82, 2.24) is 0 Å². The molecule has 1 aromatic rings. The lowest BCUT2D eigenvalue weighted by Gasteiger charge is -2.48. The summed E-state index contributed by atoms with van der Waals surface area (Å²) in [6, 6.07) is 9.25. The summed E-state index contributed by atoms with van der Waals surface area (Å²) in [5.74, 6) is -1.60. The average molecular weight is 410 g/mol. The molecule has 2 bridgehead atoms. The molecule has 2 aliphatic rings. The Hall–Kier alpha value is -3.48. The van der Waals surface area contributed by atoms with Gasteiger partial charge in [0.05, 0.1) is 51.0 Å². The van der Waals surface area contributed by atoms with Crippen molar-refractivity contribution in [2.24, 2.45) is 16.7 Å². The standard InChI is InChI=1S/C21H22N4O5/c1-6-15-19(2)29-17(16-13(27-4)7-12(26-3)8-14(16)28-5)20(9-22,10-23)21(15,11-24)18(25)30-19/h7-8,15,17,25H,6H2,1-5H3. The van der Waals surface area contributed by atoms with Gasteiger partial charge in [-0.15, -0.1) is 0 Å². The van der Waals surface area contributed by atoms with E-state index in [2.05, 4.69) is 6.07 Å². The number of nitrogens with zero attached hydrogens (tertiary/aromatic N) is 3. The summed E-state index contributed by atoms with van der Waals surface area (Å²) in [6.07, 6.45) is -0.931. The van der Waals surface area contributed by atoms with Gasteiger partial charge in [0.25, 0.3) is 0 Å². The Morgan fingerprint density at radius 2 is 1.60 bits per heavy atom. The minimum atomic E-state index is -2.09. The number of fused-ring (bicyclic) bond motifs is 2. The lowest BCUT2D eigenvalue weighted by molar-refractivity contribution is -0.273. The van der Waals surface area contributed by atoms with Gasteiger partial charge in [0.1, 0.15) is 23.4 Å². The van der Waals surface area contributed by atoms with Crippen LogP contribution in [0, 0.1) is 56.2 Å². The summed E-state index contributed by atoms with van der Waals surface area (Å²) in [6.45, 7) is 3.41. The summed E-state index contributed by atoms with van der Waals surface area (Å²) in [5, 5.41) is 39.2. The van der Waals surface area contributed by atoms with Crippen LogP contribution in [0.25, 0.3) is 0 Å². The Morgan fingerprint density at radius 3 is 2.00 bits per heavy atom. The van der Waals surface area contributed by atoms with Gasteiger partial charge < -0.3 is 23.7 Å². The summed E-state index contributed by atoms with van der Waals surface area (Å²) < 4.78 is 28.2. The zero-order chi connectivity index (χ0) is 22.3. The van der Waals surface area contributed by atoms with Crippen molar-refractivity contribution in [3.63, 3.8) is 0 Å². The van der Waals surface area contributed by atoms with Crippen LogP contribution in [0.4, 0.5) is 0 Å². The summed E-state index contributed by atoms with van der Waals surface area (Å²) in [7, 11) is 4.32. The first-order chi connectivity index (χ1) is 14.3. The molecule has 4 atom stereocenters. The largest absolute Gasteiger partial charge is 0.496 e. The van der Waals surface area contributed by atoms with Crippen molar-refractivity contribution in [1.29, 1.82) is 21.2 Å². The highest BCUT2D eigenvalue weighted by atomic mass is 16.7. The molecule has 0 spiro atoms. The number of rotatable bonds is 5. The molecule has 0 saturated carbocycles. The van der Waals surface area contributed by atoms with E-state index in [9.17, 15) is 15.8 Å². The summed E-state index contributed by atoms with van der Waals surface area (Å²) in [4.78, 5) is 0. The number of methoxy groups -OCH3 is 3. The molecule has 3 rings (SSSR count). The Bertz CT molecular complexity index is 981. The van der Waals surface area contributed by atoms with E-state index in [4.69, 9.17) is 29.1 Å². The summed E-state index contributed by atoms with van der Waals surface area (Å²) >= 11 is 0. The van der Waals surface area contributed by atoms with Gasteiger partial charge in [0.15, 0.2) is 5.41 Å². The van der Waals surface area contributed by atoms with E-state index in [1.54, 1.807) is 26.0 Å². The second-order valence-corrected chi connectivity index (χ2v) is 7.30. The zero-order valence-electron chi connectivity index (χ0n) is 17.4. The Kier molecular flexibility index (Phi) is 5.02. The molecular formula is C21H22N4O5. The van der Waals surface area contributed by atoms with Gasteiger partial charge in [-0.25, -0.2) is 0 Å². The third kappa shape index (κ3) is 2.32. The van der Waals surface area contributed by atoms with Crippen molar-refractivity contribution < 1.29 is 23.7 Å². The number of nitriles is 3. The predicted octanol–water partition coefficient (Wildman–Crippen LogP) is 3.08. The number of benzene rings is 1. The van der Waals surface area contributed by atoms with E-state index in [1.807, 2.05) is 12.1 Å². The van der Waals surface area contributed by atoms with Crippen molar-refractivity contribution in [2.75, 3.05) is 21.3 Å². The molecule has 1 N–H and O–H groups in total. The first kappa shape index (κ1) is 21.2. The molecule has 0 amide bonds. The quantitative estimate of drug-likeness (QED) is 0.780. The topological polar surface area (TPSA) is 141 Å². The molecule has 9 heteroatoms. The second kappa shape index (κ2) is 7.09. The normalized spacial score (nSPS) is 30.9. The molecule has 9 nitrogen and oxygen atoms in total. The van der Waals surface area contributed by atoms with Crippen molar-refractivity contribution >= 4 is 5.90 Å². The number of hydrogen-bond acceptors (Lipinski definition) is 9. The maximum absolute atomic E-state index is 10.3. The lowest BCUT2D eigenvalue weighted by Crippen LogP contribution is -2.58. The van der Waals surface area contributed by atoms with Crippen LogP contribution in [0.5, 0.6) is 17.2 Å². The molecule has 30 heavy (non-hydrogen) atoms. The van der Waals surface area contributed by atoms with Gasteiger partial charge in [0.2, 0.25) is 17.1 Å². The van der Waals surface area contributed by atoms with Gasteiger partial charge in [0, 0.05) is 19.1 Å². The van der Waals surface area contributed by atoms with E-state index in [0.717, 1.165) is 0 Å². The SMILES string of the molecule is CCC1C2(C)OC(=N)C1(C#N)C(C#N)(C#N)C(c1c(OC)cc(OC)cc1OC)O2. The maximum Gasteiger partial charge on any atom is 0.214 e. The molecule has 2 saturated heterocycles. The van der Waals surface area contributed by atoms with Crippen molar-refractivity contribution in [3.05, 3.63) is 17.7 Å². The number of nitrogens with one attached hydrogen (secondary N) is 1. The van der Waals surface area contributed by atoms with Crippen LogP contribution >= 0.6 is 0 Å². The molecule has 2 fully saturated rings. The van der Waals surface area contributed by atoms with Gasteiger partial charge in [-0.05, 0) is 6.42 Å². The molecule has 0 aliphatic carbocycles. The highest BCUT2D eigenvalue weighted by molar-refractivity contribution is 5.89. The van der Waals surface area contributed by atoms with Gasteiger partial charge in [-0.1, -0.05) is 6.92 Å². The fourth-order valence-corrected chi connectivity index (χ4v) is 4.77. The molecular weight excluding hydrogens is 388 g/mol. The molecule has 2 heterocycles. The van der Waals surface area contributed by atoms with Gasteiger partial charge >= 0.3 is 0 Å². The Balaban J connectivity index is 2.41. The minimum Gasteiger partial charge on any atom is -0.496 e. The Morgan fingerprint density at radius 1 is 1.03 bits per heavy atom. The third-order valence-corrected chi connectivity index (χ3v) is 6.14. The van der Waals surface area contributed by atoms with Crippen LogP contribution in [0.15, 0.2) is 12.1 Å². The zero-order valence-corrected chi connectivity index (χ0v) is 17.4. The fraction of sp³-hybridized carbons (Fsp3) is 0.524. The average Bonchev–Trinajstić information content (AvgIpc) is 2.94. The highest BCUT2D eigenvalue weighted by Crippen LogP contribution is 2.68. The predicted molar refractivity (Wildman–Crippen MR) is 103 cm³/mol. The first-order valence-corrected chi connectivity index (χ1v) is 9.28. The second-order valence-electron chi connectivity index (χ2n) is 7.30. The number of ether oxygens (including phenoxy) is 5. The van der Waals surface area contributed by atoms with E-state index >= 15 is 0 Å². The van der Waals surface area contributed by atoms with Crippen LogP contribution in [0.1, 0.15) is 31.9 Å². The maximum atomic E-state index is 10.3. The summed E-state index contributed by atoms with van der Waals surface area (Å²) in [5.41, 5.74) is -3.66. The molecule has 1 aromatic carbocycles. The van der Waals surface area contributed by atoms with Crippen LogP contribution in [0.2, 0.25) is 0 Å². The van der Waals surface area contributed by atoms with Crippen molar-refractivity contribution in [2.45, 2.75) is 32.2 Å². The smallest absolute Gasteiger partial charge is 0.214 e. The van der Waals surface area contributed by atoms with E-state index in [0.29, 0.717) is 12.2 Å². The minimum absolute atomic E-state index is 0.253. The lowest BCUT2D eigenvalue weighted by atomic mass is 9.53.